The molecule has 3 rings (SSSR count). The van der Waals surface area contributed by atoms with Crippen molar-refractivity contribution in [2.75, 3.05) is 18.4 Å². The van der Waals surface area contributed by atoms with Gasteiger partial charge in [0.25, 0.3) is 5.91 Å². The van der Waals surface area contributed by atoms with Crippen molar-refractivity contribution in [2.24, 2.45) is 0 Å². The molecule has 0 aromatic heterocycles. The maximum atomic E-state index is 12.8. The van der Waals surface area contributed by atoms with E-state index in [0.717, 1.165) is 37.3 Å². The van der Waals surface area contributed by atoms with E-state index >= 15 is 0 Å². The van der Waals surface area contributed by atoms with Crippen LogP contribution < -0.4 is 5.32 Å². The fourth-order valence-electron chi connectivity index (χ4n) is 3.16. The summed E-state index contributed by atoms with van der Waals surface area (Å²) in [4.78, 5) is 14.7. The molecule has 1 heterocycles. The Hall–Kier alpha value is -2.34. The molecule has 0 bridgehead atoms. The van der Waals surface area contributed by atoms with E-state index in [4.69, 9.17) is 0 Å². The highest BCUT2D eigenvalue weighted by molar-refractivity contribution is 6.04. The molecule has 1 amide bonds. The lowest BCUT2D eigenvalue weighted by atomic mass is 10.1. The van der Waals surface area contributed by atoms with Crippen LogP contribution in [0.15, 0.2) is 48.5 Å². The summed E-state index contributed by atoms with van der Waals surface area (Å²) in [6.45, 7) is 2.95. The molecule has 2 aromatic rings. The third-order valence-electron chi connectivity index (χ3n) is 4.49. The molecule has 1 aliphatic heterocycles. The van der Waals surface area contributed by atoms with Crippen molar-refractivity contribution >= 4 is 11.6 Å². The number of carbonyl (C=O) groups excluding carboxylic acids is 1. The van der Waals surface area contributed by atoms with Crippen LogP contribution in [0.25, 0.3) is 0 Å². The number of hydrogen-bond donors (Lipinski definition) is 1. The standard InChI is InChI=1S/C20H21F3N2O/c21-20(22,23)17-8-5-7-16(13-17)19(26)24-18-9-4-6-15(12-18)14-25-10-2-1-3-11-25/h4-9,12-13H,1-3,10-11,14H2,(H,24,26). The molecule has 3 nitrogen and oxygen atoms in total. The molecule has 0 aliphatic carbocycles. The number of likely N-dealkylation sites (tertiary alicyclic amines) is 1. The first-order chi connectivity index (χ1) is 12.4. The van der Waals surface area contributed by atoms with Crippen molar-refractivity contribution in [1.82, 2.24) is 4.90 Å². The molecule has 0 spiro atoms. The van der Waals surface area contributed by atoms with Crippen LogP contribution in [-0.2, 0) is 12.7 Å². The zero-order chi connectivity index (χ0) is 18.6. The van der Waals surface area contributed by atoms with Crippen LogP contribution in [0.3, 0.4) is 0 Å². The molecular weight excluding hydrogens is 341 g/mol. The topological polar surface area (TPSA) is 32.3 Å². The quantitative estimate of drug-likeness (QED) is 0.835. The number of piperidine rings is 1. The largest absolute Gasteiger partial charge is 0.416 e. The van der Waals surface area contributed by atoms with Gasteiger partial charge in [0.05, 0.1) is 5.56 Å². The summed E-state index contributed by atoms with van der Waals surface area (Å²) in [6, 6.07) is 11.9. The van der Waals surface area contributed by atoms with Crippen molar-refractivity contribution in [3.8, 4) is 0 Å². The Morgan fingerprint density at radius 1 is 1.00 bits per heavy atom. The predicted octanol–water partition coefficient (Wildman–Crippen LogP) is 4.94. The average Bonchev–Trinajstić information content (AvgIpc) is 2.62. The number of nitrogens with one attached hydrogen (secondary N) is 1. The van der Waals surface area contributed by atoms with Crippen molar-refractivity contribution in [2.45, 2.75) is 32.0 Å². The summed E-state index contributed by atoms with van der Waals surface area (Å²) in [7, 11) is 0. The lowest BCUT2D eigenvalue weighted by Crippen LogP contribution is -2.29. The molecule has 0 radical (unpaired) electrons. The van der Waals surface area contributed by atoms with Crippen molar-refractivity contribution in [3.63, 3.8) is 0 Å². The highest BCUT2D eigenvalue weighted by Gasteiger charge is 2.30. The first kappa shape index (κ1) is 18.5. The van der Waals surface area contributed by atoms with Gasteiger partial charge in [-0.3, -0.25) is 9.69 Å². The van der Waals surface area contributed by atoms with Crippen LogP contribution in [-0.4, -0.2) is 23.9 Å². The van der Waals surface area contributed by atoms with Crippen molar-refractivity contribution in [3.05, 3.63) is 65.2 Å². The lowest BCUT2D eigenvalue weighted by Gasteiger charge is -2.26. The maximum absolute atomic E-state index is 12.8. The van der Waals surface area contributed by atoms with Crippen molar-refractivity contribution < 1.29 is 18.0 Å². The van der Waals surface area contributed by atoms with Crippen LogP contribution in [0.5, 0.6) is 0 Å². The normalized spacial score (nSPS) is 15.7. The zero-order valence-electron chi connectivity index (χ0n) is 14.4. The smallest absolute Gasteiger partial charge is 0.322 e. The van der Waals surface area contributed by atoms with Gasteiger partial charge in [0, 0.05) is 17.8 Å². The number of carbonyl (C=O) groups is 1. The summed E-state index contributed by atoms with van der Waals surface area (Å²) in [5.74, 6) is -0.550. The molecule has 1 aliphatic rings. The second kappa shape index (κ2) is 7.91. The molecule has 2 aromatic carbocycles. The average molecular weight is 362 g/mol. The number of nitrogens with zero attached hydrogens (tertiary/aromatic N) is 1. The summed E-state index contributed by atoms with van der Waals surface area (Å²) in [6.07, 6.45) is -0.799. The molecular formula is C20H21F3N2O. The fraction of sp³-hybridized carbons (Fsp3) is 0.350. The Kier molecular flexibility index (Phi) is 5.61. The first-order valence-corrected chi connectivity index (χ1v) is 8.72. The molecule has 1 saturated heterocycles. The highest BCUT2D eigenvalue weighted by atomic mass is 19.4. The highest BCUT2D eigenvalue weighted by Crippen LogP contribution is 2.29. The summed E-state index contributed by atoms with van der Waals surface area (Å²) in [5.41, 5.74) is 0.820. The molecule has 6 heteroatoms. The van der Waals surface area contributed by atoms with Gasteiger partial charge < -0.3 is 5.32 Å². The Morgan fingerprint density at radius 2 is 1.73 bits per heavy atom. The summed E-state index contributed by atoms with van der Waals surface area (Å²) < 4.78 is 38.4. The Balaban J connectivity index is 1.68. The zero-order valence-corrected chi connectivity index (χ0v) is 14.4. The number of rotatable bonds is 4. The van der Waals surface area contributed by atoms with Gasteiger partial charge in [-0.05, 0) is 61.8 Å². The molecule has 26 heavy (non-hydrogen) atoms. The van der Waals surface area contributed by atoms with E-state index in [1.807, 2.05) is 18.2 Å². The second-order valence-electron chi connectivity index (χ2n) is 6.57. The SMILES string of the molecule is O=C(Nc1cccc(CN2CCCCC2)c1)c1cccc(C(F)(F)F)c1. The predicted molar refractivity (Wildman–Crippen MR) is 95.0 cm³/mol. The monoisotopic (exact) mass is 362 g/mol. The van der Waals surface area contributed by atoms with Crippen molar-refractivity contribution in [1.29, 1.82) is 0 Å². The number of hydrogen-bond acceptors (Lipinski definition) is 2. The van der Waals surface area contributed by atoms with E-state index in [0.29, 0.717) is 5.69 Å². The van der Waals surface area contributed by atoms with E-state index in [1.165, 1.54) is 31.4 Å². The summed E-state index contributed by atoms with van der Waals surface area (Å²) >= 11 is 0. The van der Waals surface area contributed by atoms with Crippen LogP contribution in [0.1, 0.15) is 40.7 Å². The number of anilines is 1. The molecule has 1 N–H and O–H groups in total. The van der Waals surface area contributed by atoms with Gasteiger partial charge in [-0.15, -0.1) is 0 Å². The third-order valence-corrected chi connectivity index (χ3v) is 4.49. The van der Waals surface area contributed by atoms with Gasteiger partial charge in [0.2, 0.25) is 0 Å². The molecule has 0 unspecified atom stereocenters. The molecule has 0 saturated carbocycles. The minimum absolute atomic E-state index is 0.0127. The first-order valence-electron chi connectivity index (χ1n) is 8.72. The Bertz CT molecular complexity index is 768. The van der Waals surface area contributed by atoms with Gasteiger partial charge in [-0.2, -0.15) is 13.2 Å². The van der Waals surface area contributed by atoms with E-state index in [1.54, 1.807) is 6.07 Å². The van der Waals surface area contributed by atoms with Gasteiger partial charge >= 0.3 is 6.18 Å². The lowest BCUT2D eigenvalue weighted by molar-refractivity contribution is -0.137. The van der Waals surface area contributed by atoms with E-state index in [2.05, 4.69) is 10.2 Å². The van der Waals surface area contributed by atoms with Gasteiger partial charge in [-0.1, -0.05) is 24.6 Å². The number of amides is 1. The van der Waals surface area contributed by atoms with Crippen LogP contribution in [0.2, 0.25) is 0 Å². The minimum atomic E-state index is -4.47. The van der Waals surface area contributed by atoms with E-state index in [9.17, 15) is 18.0 Å². The number of halogens is 3. The van der Waals surface area contributed by atoms with Crippen LogP contribution in [0.4, 0.5) is 18.9 Å². The van der Waals surface area contributed by atoms with Gasteiger partial charge in [0.15, 0.2) is 0 Å². The number of alkyl halides is 3. The summed E-state index contributed by atoms with van der Waals surface area (Å²) in [5, 5.41) is 2.69. The van der Waals surface area contributed by atoms with Crippen LogP contribution >= 0.6 is 0 Å². The second-order valence-corrected chi connectivity index (χ2v) is 6.57. The van der Waals surface area contributed by atoms with Gasteiger partial charge in [-0.25, -0.2) is 0 Å². The minimum Gasteiger partial charge on any atom is -0.322 e. The molecule has 0 atom stereocenters. The molecule has 138 valence electrons. The fourth-order valence-corrected chi connectivity index (χ4v) is 3.16. The van der Waals surface area contributed by atoms with E-state index in [-0.39, 0.29) is 5.56 Å². The Labute approximate surface area is 150 Å². The van der Waals surface area contributed by atoms with E-state index < -0.39 is 17.6 Å². The van der Waals surface area contributed by atoms with Crippen LogP contribution in [0, 0.1) is 0 Å². The molecule has 1 fully saturated rings. The third kappa shape index (κ3) is 4.85. The number of benzene rings is 2. The maximum Gasteiger partial charge on any atom is 0.416 e. The Morgan fingerprint density at radius 3 is 2.46 bits per heavy atom. The van der Waals surface area contributed by atoms with Gasteiger partial charge in [0.1, 0.15) is 0 Å².